The fourth-order valence-corrected chi connectivity index (χ4v) is 4.28. The average molecular weight is 327 g/mol. The summed E-state index contributed by atoms with van der Waals surface area (Å²) in [5.41, 5.74) is 2.55. The van der Waals surface area contributed by atoms with Crippen molar-refractivity contribution >= 4 is 30.1 Å². The van der Waals surface area contributed by atoms with E-state index in [2.05, 4.69) is 28.8 Å². The van der Waals surface area contributed by atoms with Crippen molar-refractivity contribution in [1.29, 1.82) is 0 Å². The predicted octanol–water partition coefficient (Wildman–Crippen LogP) is 2.55. The molecule has 0 radical (unpaired) electrons. The maximum absolute atomic E-state index is 12.4. The van der Waals surface area contributed by atoms with Crippen LogP contribution in [0.3, 0.4) is 0 Å². The third-order valence-electron chi connectivity index (χ3n) is 4.25. The number of hydrogen-bond acceptors (Lipinski definition) is 3. The lowest BCUT2D eigenvalue weighted by atomic mass is 10.0. The molecule has 5 heteroatoms. The Labute approximate surface area is 137 Å². The molecule has 0 spiro atoms. The third-order valence-corrected chi connectivity index (χ3v) is 5.49. The zero-order valence-corrected chi connectivity index (χ0v) is 13.8. The Hall–Kier alpha value is -0.710. The number of amides is 1. The van der Waals surface area contributed by atoms with Crippen molar-refractivity contribution < 1.29 is 4.79 Å². The molecule has 2 aliphatic heterocycles. The van der Waals surface area contributed by atoms with Crippen molar-refractivity contribution in [2.24, 2.45) is 5.92 Å². The summed E-state index contributed by atoms with van der Waals surface area (Å²) in [6, 6.07) is 8.36. The number of carbonyl (C=O) groups excluding carboxylic acids is 1. The van der Waals surface area contributed by atoms with Gasteiger partial charge in [0.25, 0.3) is 0 Å². The molecule has 2 aliphatic rings. The highest BCUT2D eigenvalue weighted by molar-refractivity contribution is 8.00. The smallest absolute Gasteiger partial charge is 0.237 e. The van der Waals surface area contributed by atoms with Gasteiger partial charge in [-0.2, -0.15) is 0 Å². The lowest BCUT2D eigenvalue weighted by Crippen LogP contribution is -2.31. The normalized spacial score (nSPS) is 24.0. The molecule has 0 saturated carbocycles. The van der Waals surface area contributed by atoms with Crippen molar-refractivity contribution in [2.45, 2.75) is 24.5 Å². The number of hydrogen-bond donors (Lipinski definition) is 2. The van der Waals surface area contributed by atoms with Gasteiger partial charge in [0.15, 0.2) is 0 Å². The van der Waals surface area contributed by atoms with Crippen LogP contribution in [0.5, 0.6) is 0 Å². The van der Waals surface area contributed by atoms with Crippen molar-refractivity contribution in [3.8, 4) is 0 Å². The molecular weight excluding hydrogens is 304 g/mol. The van der Waals surface area contributed by atoms with Gasteiger partial charge in [-0.25, -0.2) is 0 Å². The number of fused-ring (bicyclic) bond motifs is 1. The Morgan fingerprint density at radius 2 is 2.24 bits per heavy atom. The lowest BCUT2D eigenvalue weighted by molar-refractivity contribution is -0.120. The Bertz CT molecular complexity index is 477. The largest absolute Gasteiger partial charge is 0.355 e. The number of nitrogens with one attached hydrogen (secondary N) is 2. The van der Waals surface area contributed by atoms with E-state index in [0.717, 1.165) is 44.1 Å². The number of halogens is 1. The Balaban J connectivity index is 0.00000161. The van der Waals surface area contributed by atoms with E-state index in [4.69, 9.17) is 0 Å². The van der Waals surface area contributed by atoms with Gasteiger partial charge < -0.3 is 10.6 Å². The molecule has 116 valence electrons. The summed E-state index contributed by atoms with van der Waals surface area (Å²) in [5, 5.41) is 6.49. The van der Waals surface area contributed by atoms with Crippen LogP contribution in [0.2, 0.25) is 0 Å². The predicted molar refractivity (Wildman–Crippen MR) is 91.2 cm³/mol. The van der Waals surface area contributed by atoms with Gasteiger partial charge in [-0.05, 0) is 55.1 Å². The van der Waals surface area contributed by atoms with Gasteiger partial charge in [0.1, 0.15) is 5.25 Å². The van der Waals surface area contributed by atoms with Gasteiger partial charge in [0.05, 0.1) is 0 Å². The third kappa shape index (κ3) is 4.15. The molecule has 21 heavy (non-hydrogen) atoms. The van der Waals surface area contributed by atoms with Crippen LogP contribution >= 0.6 is 24.2 Å². The first-order valence-electron chi connectivity index (χ1n) is 7.52. The molecule has 1 fully saturated rings. The van der Waals surface area contributed by atoms with Crippen molar-refractivity contribution in [2.75, 3.05) is 25.4 Å². The minimum Gasteiger partial charge on any atom is -0.355 e. The first-order chi connectivity index (χ1) is 9.84. The van der Waals surface area contributed by atoms with E-state index < -0.39 is 0 Å². The molecular formula is C16H23ClN2OS. The molecule has 0 aliphatic carbocycles. The molecule has 1 amide bonds. The first-order valence-corrected chi connectivity index (χ1v) is 8.57. The van der Waals surface area contributed by atoms with E-state index in [0.29, 0.717) is 0 Å². The Morgan fingerprint density at radius 3 is 3.05 bits per heavy atom. The van der Waals surface area contributed by atoms with Crippen LogP contribution in [0.4, 0.5) is 0 Å². The SMILES string of the molecule is Cl.O=C(NCCC1CCNC1)C1SCCc2ccccc21. The molecule has 1 aromatic rings. The summed E-state index contributed by atoms with van der Waals surface area (Å²) in [6.45, 7) is 3.05. The molecule has 3 rings (SSSR count). The number of thioether (sulfide) groups is 1. The Kier molecular flexibility index (Phi) is 6.40. The molecule has 1 aromatic carbocycles. The van der Waals surface area contributed by atoms with Crippen LogP contribution in [0.1, 0.15) is 29.2 Å². The molecule has 2 unspecified atom stereocenters. The molecule has 2 N–H and O–H groups in total. The second-order valence-electron chi connectivity index (χ2n) is 5.64. The molecule has 2 heterocycles. The molecule has 3 nitrogen and oxygen atoms in total. The van der Waals surface area contributed by atoms with Gasteiger partial charge in [0.2, 0.25) is 5.91 Å². The highest BCUT2D eigenvalue weighted by Gasteiger charge is 2.26. The van der Waals surface area contributed by atoms with Crippen LogP contribution < -0.4 is 10.6 Å². The standard InChI is InChI=1S/C16H22N2OS.ClH/c19-16(18-9-6-12-5-8-17-11-12)15-14-4-2-1-3-13(14)7-10-20-15;/h1-4,12,15,17H,5-11H2,(H,18,19);1H. The van der Waals surface area contributed by atoms with Gasteiger partial charge in [-0.1, -0.05) is 24.3 Å². The highest BCUT2D eigenvalue weighted by atomic mass is 35.5. The van der Waals surface area contributed by atoms with Crippen molar-refractivity contribution in [3.63, 3.8) is 0 Å². The van der Waals surface area contributed by atoms with E-state index in [-0.39, 0.29) is 23.6 Å². The highest BCUT2D eigenvalue weighted by Crippen LogP contribution is 2.36. The Morgan fingerprint density at radius 1 is 1.38 bits per heavy atom. The maximum atomic E-state index is 12.4. The van der Waals surface area contributed by atoms with Gasteiger partial charge in [-0.15, -0.1) is 24.2 Å². The van der Waals surface area contributed by atoms with Crippen LogP contribution in [0.25, 0.3) is 0 Å². The summed E-state index contributed by atoms with van der Waals surface area (Å²) in [5.74, 6) is 1.97. The summed E-state index contributed by atoms with van der Waals surface area (Å²) >= 11 is 1.77. The minimum absolute atomic E-state index is 0. The topological polar surface area (TPSA) is 41.1 Å². The van der Waals surface area contributed by atoms with E-state index >= 15 is 0 Å². The zero-order chi connectivity index (χ0) is 13.8. The van der Waals surface area contributed by atoms with Crippen LogP contribution in [0, 0.1) is 5.92 Å². The second-order valence-corrected chi connectivity index (χ2v) is 6.85. The van der Waals surface area contributed by atoms with Gasteiger partial charge in [-0.3, -0.25) is 4.79 Å². The fourth-order valence-electron chi connectivity index (χ4n) is 3.06. The number of rotatable bonds is 4. The van der Waals surface area contributed by atoms with E-state index in [1.54, 1.807) is 11.8 Å². The monoisotopic (exact) mass is 326 g/mol. The molecule has 0 bridgehead atoms. The summed E-state index contributed by atoms with van der Waals surface area (Å²) in [6.07, 6.45) is 3.42. The quantitative estimate of drug-likeness (QED) is 0.893. The van der Waals surface area contributed by atoms with Crippen LogP contribution in [-0.2, 0) is 11.2 Å². The molecule has 1 saturated heterocycles. The summed E-state index contributed by atoms with van der Waals surface area (Å²) in [4.78, 5) is 12.4. The zero-order valence-electron chi connectivity index (χ0n) is 12.1. The van der Waals surface area contributed by atoms with Gasteiger partial charge in [0, 0.05) is 6.54 Å². The summed E-state index contributed by atoms with van der Waals surface area (Å²) < 4.78 is 0. The minimum atomic E-state index is -0.0124. The lowest BCUT2D eigenvalue weighted by Gasteiger charge is -2.24. The number of aryl methyl sites for hydroxylation is 1. The maximum Gasteiger partial charge on any atom is 0.237 e. The van der Waals surface area contributed by atoms with Crippen molar-refractivity contribution in [1.82, 2.24) is 10.6 Å². The first kappa shape index (κ1) is 16.7. The van der Waals surface area contributed by atoms with E-state index in [9.17, 15) is 4.79 Å². The molecule has 2 atom stereocenters. The second kappa shape index (κ2) is 8.06. The van der Waals surface area contributed by atoms with E-state index in [1.165, 1.54) is 17.5 Å². The number of carbonyl (C=O) groups is 1. The van der Waals surface area contributed by atoms with Crippen molar-refractivity contribution in [3.05, 3.63) is 35.4 Å². The number of benzene rings is 1. The average Bonchev–Trinajstić information content (AvgIpc) is 3.00. The van der Waals surface area contributed by atoms with Gasteiger partial charge >= 0.3 is 0 Å². The van der Waals surface area contributed by atoms with Crippen LogP contribution in [-0.4, -0.2) is 31.3 Å². The van der Waals surface area contributed by atoms with E-state index in [1.807, 2.05) is 6.07 Å². The van der Waals surface area contributed by atoms with Crippen LogP contribution in [0.15, 0.2) is 24.3 Å². The fraction of sp³-hybridized carbons (Fsp3) is 0.562. The summed E-state index contributed by atoms with van der Waals surface area (Å²) in [7, 11) is 0. The molecule has 0 aromatic heterocycles.